The van der Waals surface area contributed by atoms with Crippen LogP contribution in [-0.4, -0.2) is 29.2 Å². The average molecular weight is 445 g/mol. The van der Waals surface area contributed by atoms with Crippen LogP contribution < -0.4 is 0 Å². The van der Waals surface area contributed by atoms with E-state index in [1.165, 1.54) is 29.2 Å². The minimum atomic E-state index is -4.47. The number of ketones is 1. The minimum Gasteiger partial charge on any atom is -0.460 e. The molecule has 3 rings (SSSR count). The van der Waals surface area contributed by atoms with Crippen molar-refractivity contribution in [1.29, 1.82) is 0 Å². The highest BCUT2D eigenvalue weighted by Gasteiger charge is 2.37. The number of hydrogen-bond acceptors (Lipinski definition) is 4. The van der Waals surface area contributed by atoms with Gasteiger partial charge in [0.1, 0.15) is 18.4 Å². The summed E-state index contributed by atoms with van der Waals surface area (Å²) in [5, 5.41) is 0. The van der Waals surface area contributed by atoms with Crippen molar-refractivity contribution in [3.05, 3.63) is 70.8 Å². The molecule has 166 valence electrons. The maximum absolute atomic E-state index is 12.7. The highest BCUT2D eigenvalue weighted by molar-refractivity contribution is 5.91. The Kier molecular flexibility index (Phi) is 6.40. The number of halogens is 6. The number of benzene rings is 2. The Balaban J connectivity index is 1.61. The van der Waals surface area contributed by atoms with Gasteiger partial charge in [0.05, 0.1) is 17.7 Å². The van der Waals surface area contributed by atoms with Crippen LogP contribution in [0, 0.1) is 0 Å². The van der Waals surface area contributed by atoms with Crippen LogP contribution in [0.15, 0.2) is 48.5 Å². The summed E-state index contributed by atoms with van der Waals surface area (Å²) in [6.45, 7) is -0.249. The third-order valence-corrected chi connectivity index (χ3v) is 4.84. The molecule has 0 saturated carbocycles. The van der Waals surface area contributed by atoms with Crippen LogP contribution in [0.5, 0.6) is 0 Å². The first kappa shape index (κ1) is 22.8. The van der Waals surface area contributed by atoms with Gasteiger partial charge in [-0.2, -0.15) is 26.3 Å². The number of carbonyl (C=O) groups excluding carboxylic acids is 2. The van der Waals surface area contributed by atoms with Crippen LogP contribution in [0.1, 0.15) is 28.7 Å². The Hall–Kier alpha value is -2.88. The minimum absolute atomic E-state index is 0.0545. The molecule has 1 aliphatic heterocycles. The largest absolute Gasteiger partial charge is 0.460 e. The van der Waals surface area contributed by atoms with Gasteiger partial charge in [0.25, 0.3) is 0 Å². The van der Waals surface area contributed by atoms with Crippen molar-refractivity contribution in [3.8, 4) is 0 Å². The monoisotopic (exact) mass is 445 g/mol. The predicted molar refractivity (Wildman–Crippen MR) is 96.5 cm³/mol. The second-order valence-electron chi connectivity index (χ2n) is 7.16. The second kappa shape index (κ2) is 8.70. The first-order valence-corrected chi connectivity index (χ1v) is 9.18. The van der Waals surface area contributed by atoms with E-state index in [9.17, 15) is 35.9 Å². The zero-order valence-electron chi connectivity index (χ0n) is 16.0. The van der Waals surface area contributed by atoms with E-state index in [-0.39, 0.29) is 31.9 Å². The van der Waals surface area contributed by atoms with E-state index < -0.39 is 35.5 Å². The molecule has 2 aromatic rings. The van der Waals surface area contributed by atoms with E-state index >= 15 is 0 Å². The van der Waals surface area contributed by atoms with Crippen molar-refractivity contribution in [3.63, 3.8) is 0 Å². The average Bonchev–Trinajstić information content (AvgIpc) is 3.05. The molecule has 1 saturated heterocycles. The molecule has 1 atom stereocenters. The van der Waals surface area contributed by atoms with Crippen LogP contribution in [0.3, 0.4) is 0 Å². The lowest BCUT2D eigenvalue weighted by Crippen LogP contribution is -2.36. The van der Waals surface area contributed by atoms with Crippen LogP contribution >= 0.6 is 0 Å². The molecule has 1 fully saturated rings. The number of likely N-dealkylation sites (tertiary alicyclic amines) is 1. The molecule has 0 aliphatic carbocycles. The van der Waals surface area contributed by atoms with Gasteiger partial charge in [0.2, 0.25) is 0 Å². The molecule has 0 spiro atoms. The summed E-state index contributed by atoms with van der Waals surface area (Å²) in [6, 6.07) is 7.61. The highest BCUT2D eigenvalue weighted by Crippen LogP contribution is 2.30. The molecular formula is C21H17F6NO3. The SMILES string of the molecule is O=C1CC(C(=O)OCc2ccc(C(F)(F)F)cc2)N(Cc2ccc(C(F)(F)F)cc2)C1. The van der Waals surface area contributed by atoms with Gasteiger partial charge < -0.3 is 4.74 Å². The van der Waals surface area contributed by atoms with Crippen LogP contribution in [0.25, 0.3) is 0 Å². The predicted octanol–water partition coefficient (Wildman–Crippen LogP) is 4.61. The smallest absolute Gasteiger partial charge is 0.416 e. The quantitative estimate of drug-likeness (QED) is 0.498. The number of nitrogens with zero attached hydrogens (tertiary/aromatic N) is 1. The van der Waals surface area contributed by atoms with Crippen molar-refractivity contribution in [2.24, 2.45) is 0 Å². The zero-order valence-corrected chi connectivity index (χ0v) is 16.0. The molecule has 0 bridgehead atoms. The van der Waals surface area contributed by atoms with Crippen LogP contribution in [-0.2, 0) is 39.8 Å². The number of hydrogen-bond donors (Lipinski definition) is 0. The van der Waals surface area contributed by atoms with Gasteiger partial charge >= 0.3 is 18.3 Å². The summed E-state index contributed by atoms with van der Waals surface area (Å²) in [7, 11) is 0. The Bertz CT molecular complexity index is 936. The first-order valence-electron chi connectivity index (χ1n) is 9.18. The van der Waals surface area contributed by atoms with Gasteiger partial charge in [-0.3, -0.25) is 14.5 Å². The Morgan fingerprint density at radius 3 is 1.84 bits per heavy atom. The van der Waals surface area contributed by atoms with E-state index in [1.54, 1.807) is 0 Å². The summed E-state index contributed by atoms with van der Waals surface area (Å²) >= 11 is 0. The maximum atomic E-state index is 12.7. The summed E-state index contributed by atoms with van der Waals surface area (Å²) in [4.78, 5) is 25.8. The molecule has 0 aromatic heterocycles. The fraction of sp³-hybridized carbons (Fsp3) is 0.333. The van der Waals surface area contributed by atoms with E-state index in [0.29, 0.717) is 11.1 Å². The standard InChI is InChI=1S/C21H17F6NO3/c22-20(23,24)15-5-1-13(2-6-15)10-28-11-17(29)9-18(28)19(30)31-12-14-3-7-16(8-4-14)21(25,26)27/h1-8,18H,9-12H2. The zero-order chi connectivity index (χ0) is 22.8. The molecule has 4 nitrogen and oxygen atoms in total. The topological polar surface area (TPSA) is 46.6 Å². The molecule has 0 radical (unpaired) electrons. The number of ether oxygens (including phenoxy) is 1. The Morgan fingerprint density at radius 2 is 1.35 bits per heavy atom. The van der Waals surface area contributed by atoms with Crippen molar-refractivity contribution < 1.29 is 40.7 Å². The van der Waals surface area contributed by atoms with Crippen molar-refractivity contribution in [1.82, 2.24) is 4.90 Å². The number of alkyl halides is 6. The molecule has 31 heavy (non-hydrogen) atoms. The van der Waals surface area contributed by atoms with Crippen molar-refractivity contribution in [2.45, 2.75) is 38.0 Å². The Labute approximate surface area is 173 Å². The number of carbonyl (C=O) groups is 2. The molecular weight excluding hydrogens is 428 g/mol. The molecule has 0 amide bonds. The van der Waals surface area contributed by atoms with Gasteiger partial charge in [-0.25, -0.2) is 0 Å². The third-order valence-electron chi connectivity index (χ3n) is 4.84. The fourth-order valence-electron chi connectivity index (χ4n) is 3.22. The van der Waals surface area contributed by atoms with Gasteiger partial charge in [-0.15, -0.1) is 0 Å². The lowest BCUT2D eigenvalue weighted by molar-refractivity contribution is -0.150. The van der Waals surface area contributed by atoms with Crippen molar-refractivity contribution >= 4 is 11.8 Å². The Morgan fingerprint density at radius 1 is 0.871 bits per heavy atom. The van der Waals surface area contributed by atoms with Gasteiger partial charge in [0.15, 0.2) is 0 Å². The highest BCUT2D eigenvalue weighted by atomic mass is 19.4. The first-order chi connectivity index (χ1) is 14.4. The lowest BCUT2D eigenvalue weighted by atomic mass is 10.1. The molecule has 1 aliphatic rings. The van der Waals surface area contributed by atoms with E-state index in [2.05, 4.69) is 0 Å². The van der Waals surface area contributed by atoms with Crippen molar-refractivity contribution in [2.75, 3.05) is 6.54 Å². The lowest BCUT2D eigenvalue weighted by Gasteiger charge is -2.22. The number of Topliss-reactive ketones (excluding diaryl/α,β-unsaturated/α-hetero) is 1. The normalized spacial score (nSPS) is 17.7. The van der Waals surface area contributed by atoms with Gasteiger partial charge in [-0.05, 0) is 35.4 Å². The van der Waals surface area contributed by atoms with Crippen LogP contribution in [0.2, 0.25) is 0 Å². The third kappa shape index (κ3) is 5.84. The molecule has 0 N–H and O–H groups in total. The number of esters is 1. The maximum Gasteiger partial charge on any atom is 0.416 e. The molecule has 2 aromatic carbocycles. The summed E-state index contributed by atoms with van der Waals surface area (Å²) in [5.41, 5.74) is -0.795. The van der Waals surface area contributed by atoms with E-state index in [4.69, 9.17) is 4.74 Å². The van der Waals surface area contributed by atoms with Gasteiger partial charge in [0, 0.05) is 13.0 Å². The fourth-order valence-corrected chi connectivity index (χ4v) is 3.22. The van der Waals surface area contributed by atoms with E-state index in [1.807, 2.05) is 0 Å². The van der Waals surface area contributed by atoms with Crippen LogP contribution in [0.4, 0.5) is 26.3 Å². The molecule has 10 heteroatoms. The summed E-state index contributed by atoms with van der Waals surface area (Å²) < 4.78 is 81.0. The summed E-state index contributed by atoms with van der Waals surface area (Å²) in [5.74, 6) is -0.943. The molecule has 1 unspecified atom stereocenters. The molecule has 1 heterocycles. The summed E-state index contributed by atoms with van der Waals surface area (Å²) in [6.07, 6.45) is -9.04. The van der Waals surface area contributed by atoms with Gasteiger partial charge in [-0.1, -0.05) is 24.3 Å². The van der Waals surface area contributed by atoms with E-state index in [0.717, 1.165) is 24.3 Å². The number of rotatable bonds is 5. The second-order valence-corrected chi connectivity index (χ2v) is 7.16.